The van der Waals surface area contributed by atoms with Crippen LogP contribution in [0, 0.1) is 12.8 Å². The van der Waals surface area contributed by atoms with Crippen LogP contribution < -0.4 is 15.5 Å². The Labute approximate surface area is 218 Å². The fourth-order valence-corrected chi connectivity index (χ4v) is 4.87. The second-order valence-electron chi connectivity index (χ2n) is 9.98. The van der Waals surface area contributed by atoms with Crippen molar-refractivity contribution >= 4 is 22.7 Å². The minimum atomic E-state index is -0.342. The molecule has 0 radical (unpaired) electrons. The normalized spacial score (nSPS) is 15.3. The van der Waals surface area contributed by atoms with Crippen LogP contribution in [0.5, 0.6) is 5.75 Å². The molecule has 4 rings (SSSR count). The van der Waals surface area contributed by atoms with Gasteiger partial charge in [0.1, 0.15) is 12.4 Å². The number of aryl methyl sites for hydroxylation is 1. The Kier molecular flexibility index (Phi) is 9.09. The predicted octanol–water partition coefficient (Wildman–Crippen LogP) is 4.24. The van der Waals surface area contributed by atoms with Gasteiger partial charge in [-0.1, -0.05) is 25.1 Å². The third-order valence-corrected chi connectivity index (χ3v) is 6.92. The number of nitrogens with one attached hydrogen (secondary N) is 2. The zero-order valence-electron chi connectivity index (χ0n) is 21.6. The number of piperidine rings is 1. The third-order valence-electron chi connectivity index (χ3n) is 6.92. The minimum Gasteiger partial charge on any atom is -0.489 e. The summed E-state index contributed by atoms with van der Waals surface area (Å²) in [5.74, 6) is 0.675. The molecule has 0 spiro atoms. The molecule has 1 unspecified atom stereocenters. The van der Waals surface area contributed by atoms with Crippen molar-refractivity contribution in [2.75, 3.05) is 19.6 Å². The highest BCUT2D eigenvalue weighted by atomic mass is 16.5. The van der Waals surface area contributed by atoms with E-state index >= 15 is 0 Å². The molecular formula is C29H36N4O4. The fourth-order valence-electron chi connectivity index (χ4n) is 4.87. The topological polar surface area (TPSA) is 104 Å². The summed E-state index contributed by atoms with van der Waals surface area (Å²) in [5.41, 5.74) is 5.30. The number of nitrogens with zero attached hydrogens (tertiary/aromatic N) is 2. The van der Waals surface area contributed by atoms with E-state index in [9.17, 15) is 9.59 Å². The molecule has 0 bridgehead atoms. The van der Waals surface area contributed by atoms with E-state index in [1.54, 1.807) is 17.6 Å². The lowest BCUT2D eigenvalue weighted by Crippen LogP contribution is -2.45. The standard InChI is InChI=1S/C29H36N4O4/c1-20(7-12-28(34)32-36)18-33-15-13-24(14-16-33)31-29(35)22-8-10-25(11-9-22)37-19-23-17-21(2)30-27-6-4-3-5-26(23)27/h3-6,8-11,17,20,24,36H,7,12-16,18-19H2,1-2H3,(H,31,35)(H,32,34). The van der Waals surface area contributed by atoms with E-state index in [4.69, 9.17) is 9.94 Å². The molecule has 1 aromatic heterocycles. The van der Waals surface area contributed by atoms with Crippen molar-refractivity contribution in [2.45, 2.75) is 52.2 Å². The van der Waals surface area contributed by atoms with E-state index in [1.165, 1.54) is 0 Å². The van der Waals surface area contributed by atoms with E-state index in [0.29, 0.717) is 30.3 Å². The number of hydroxylamine groups is 1. The first-order chi connectivity index (χ1) is 17.9. The number of hydrogen-bond acceptors (Lipinski definition) is 6. The van der Waals surface area contributed by atoms with Crippen molar-refractivity contribution in [3.8, 4) is 5.75 Å². The fraction of sp³-hybridized carbons (Fsp3) is 0.414. The van der Waals surface area contributed by atoms with Crippen molar-refractivity contribution in [3.63, 3.8) is 0 Å². The maximum absolute atomic E-state index is 12.8. The maximum Gasteiger partial charge on any atom is 0.251 e. The number of benzene rings is 2. The second kappa shape index (κ2) is 12.7. The summed E-state index contributed by atoms with van der Waals surface area (Å²) in [5, 5.41) is 12.9. The van der Waals surface area contributed by atoms with Crippen LogP contribution in [0.15, 0.2) is 54.6 Å². The summed E-state index contributed by atoms with van der Waals surface area (Å²) in [7, 11) is 0. The zero-order chi connectivity index (χ0) is 26.2. The zero-order valence-corrected chi connectivity index (χ0v) is 21.6. The summed E-state index contributed by atoms with van der Waals surface area (Å²) >= 11 is 0. The van der Waals surface area contributed by atoms with Gasteiger partial charge in [-0.2, -0.15) is 0 Å². The number of carbonyl (C=O) groups excluding carboxylic acids is 2. The molecule has 1 aliphatic heterocycles. The molecule has 0 aliphatic carbocycles. The largest absolute Gasteiger partial charge is 0.489 e. The molecule has 196 valence electrons. The van der Waals surface area contributed by atoms with Crippen molar-refractivity contribution < 1.29 is 19.5 Å². The summed E-state index contributed by atoms with van der Waals surface area (Å²) < 4.78 is 6.02. The van der Waals surface area contributed by atoms with E-state index in [-0.39, 0.29) is 17.9 Å². The van der Waals surface area contributed by atoms with E-state index in [2.05, 4.69) is 28.2 Å². The van der Waals surface area contributed by atoms with Crippen LogP contribution in [0.2, 0.25) is 0 Å². The van der Waals surface area contributed by atoms with Crippen LogP contribution in [0.1, 0.15) is 54.2 Å². The van der Waals surface area contributed by atoms with Gasteiger partial charge in [0.05, 0.1) is 5.52 Å². The lowest BCUT2D eigenvalue weighted by Gasteiger charge is -2.33. The van der Waals surface area contributed by atoms with Crippen molar-refractivity contribution in [2.24, 2.45) is 5.92 Å². The maximum atomic E-state index is 12.8. The average Bonchev–Trinajstić information content (AvgIpc) is 2.91. The summed E-state index contributed by atoms with van der Waals surface area (Å²) in [6.45, 7) is 7.27. The summed E-state index contributed by atoms with van der Waals surface area (Å²) in [6.07, 6.45) is 2.86. The lowest BCUT2D eigenvalue weighted by atomic mass is 10.0. The van der Waals surface area contributed by atoms with Gasteiger partial charge in [0.2, 0.25) is 5.91 Å². The van der Waals surface area contributed by atoms with Gasteiger partial charge < -0.3 is 15.0 Å². The molecule has 1 atom stereocenters. The molecule has 1 fully saturated rings. The second-order valence-corrected chi connectivity index (χ2v) is 9.98. The molecule has 2 aromatic carbocycles. The molecule has 8 nitrogen and oxygen atoms in total. The summed E-state index contributed by atoms with van der Waals surface area (Å²) in [6, 6.07) is 17.5. The Morgan fingerprint density at radius 2 is 1.86 bits per heavy atom. The highest BCUT2D eigenvalue weighted by Crippen LogP contribution is 2.21. The number of aromatic nitrogens is 1. The number of hydrogen-bond donors (Lipinski definition) is 3. The lowest BCUT2D eigenvalue weighted by molar-refractivity contribution is -0.129. The van der Waals surface area contributed by atoms with E-state index < -0.39 is 0 Å². The van der Waals surface area contributed by atoms with Crippen molar-refractivity contribution in [1.29, 1.82) is 0 Å². The number of pyridine rings is 1. The quantitative estimate of drug-likeness (QED) is 0.282. The Balaban J connectivity index is 1.23. The first-order valence-electron chi connectivity index (χ1n) is 13.0. The average molecular weight is 505 g/mol. The number of carbonyl (C=O) groups is 2. The van der Waals surface area contributed by atoms with Crippen LogP contribution >= 0.6 is 0 Å². The molecule has 3 aromatic rings. The van der Waals surface area contributed by atoms with Gasteiger partial charge >= 0.3 is 0 Å². The number of amides is 2. The van der Waals surface area contributed by atoms with Gasteiger partial charge in [0, 0.05) is 54.3 Å². The van der Waals surface area contributed by atoms with Gasteiger partial charge in [-0.15, -0.1) is 0 Å². The molecule has 3 N–H and O–H groups in total. The monoisotopic (exact) mass is 504 g/mol. The van der Waals surface area contributed by atoms with Gasteiger partial charge in [0.25, 0.3) is 5.91 Å². The van der Waals surface area contributed by atoms with Crippen LogP contribution in [0.25, 0.3) is 10.9 Å². The number of ether oxygens (including phenoxy) is 1. The molecule has 8 heteroatoms. The molecular weight excluding hydrogens is 468 g/mol. The Hall–Kier alpha value is -3.49. The van der Waals surface area contributed by atoms with Crippen LogP contribution in [0.4, 0.5) is 0 Å². The molecule has 2 amide bonds. The van der Waals surface area contributed by atoms with Crippen LogP contribution in [-0.4, -0.2) is 52.6 Å². The predicted molar refractivity (Wildman–Crippen MR) is 143 cm³/mol. The van der Waals surface area contributed by atoms with Crippen molar-refractivity contribution in [3.05, 3.63) is 71.4 Å². The van der Waals surface area contributed by atoms with Gasteiger partial charge in [0.15, 0.2) is 0 Å². The van der Waals surface area contributed by atoms with Gasteiger partial charge in [-0.25, -0.2) is 5.48 Å². The number of rotatable bonds is 10. The van der Waals surface area contributed by atoms with Crippen LogP contribution in [-0.2, 0) is 11.4 Å². The first-order valence-corrected chi connectivity index (χ1v) is 13.0. The van der Waals surface area contributed by atoms with Gasteiger partial charge in [-0.3, -0.25) is 19.8 Å². The molecule has 1 aliphatic rings. The van der Waals surface area contributed by atoms with Gasteiger partial charge in [-0.05, 0) is 68.5 Å². The highest BCUT2D eigenvalue weighted by Gasteiger charge is 2.22. The molecule has 2 heterocycles. The number of likely N-dealkylation sites (tertiary alicyclic amines) is 1. The molecule has 0 saturated carbocycles. The van der Waals surface area contributed by atoms with Crippen LogP contribution in [0.3, 0.4) is 0 Å². The highest BCUT2D eigenvalue weighted by molar-refractivity contribution is 5.94. The minimum absolute atomic E-state index is 0.0656. The first kappa shape index (κ1) is 26.6. The Bertz CT molecular complexity index is 1210. The Morgan fingerprint density at radius 3 is 2.59 bits per heavy atom. The smallest absolute Gasteiger partial charge is 0.251 e. The van der Waals surface area contributed by atoms with E-state index in [1.807, 2.05) is 43.3 Å². The number of para-hydroxylation sites is 1. The number of fused-ring (bicyclic) bond motifs is 1. The Morgan fingerprint density at radius 1 is 1.14 bits per heavy atom. The summed E-state index contributed by atoms with van der Waals surface area (Å²) in [4.78, 5) is 31.0. The third kappa shape index (κ3) is 7.50. The van der Waals surface area contributed by atoms with Crippen molar-refractivity contribution in [1.82, 2.24) is 20.7 Å². The van der Waals surface area contributed by atoms with E-state index in [0.717, 1.165) is 61.1 Å². The molecule has 37 heavy (non-hydrogen) atoms. The molecule has 1 saturated heterocycles. The SMILES string of the molecule is Cc1cc(COc2ccc(C(=O)NC3CCN(CC(C)CCC(=O)NO)CC3)cc2)c2ccccc2n1.